The molecule has 0 spiro atoms. The van der Waals surface area contributed by atoms with Gasteiger partial charge in [0, 0.05) is 34.1 Å². The summed E-state index contributed by atoms with van der Waals surface area (Å²) >= 11 is 1.67. The Morgan fingerprint density at radius 1 is 1.00 bits per heavy atom. The minimum atomic E-state index is 0.101. The van der Waals surface area contributed by atoms with Gasteiger partial charge in [0.1, 0.15) is 5.75 Å². The number of methoxy groups -OCH3 is 1. The number of ether oxygens (including phenoxy) is 1. The largest absolute Gasteiger partial charge is 0.496 e. The van der Waals surface area contributed by atoms with Gasteiger partial charge in [-0.05, 0) is 29.1 Å². The van der Waals surface area contributed by atoms with Crippen LogP contribution in [0.15, 0.2) is 72.2 Å². The van der Waals surface area contributed by atoms with Gasteiger partial charge in [-0.3, -0.25) is 4.79 Å². The normalized spacial score (nSPS) is 10.9. The molecule has 0 atom stereocenters. The van der Waals surface area contributed by atoms with Crippen molar-refractivity contribution in [3.05, 3.63) is 88.2 Å². The van der Waals surface area contributed by atoms with Crippen molar-refractivity contribution in [3.63, 3.8) is 0 Å². The van der Waals surface area contributed by atoms with Gasteiger partial charge in [-0.2, -0.15) is 0 Å². The third-order valence-corrected chi connectivity index (χ3v) is 5.71. The van der Waals surface area contributed by atoms with E-state index >= 15 is 0 Å². The Kier molecular flexibility index (Phi) is 5.44. The van der Waals surface area contributed by atoms with E-state index < -0.39 is 0 Å². The second-order valence-corrected chi connectivity index (χ2v) is 7.71. The van der Waals surface area contributed by atoms with Gasteiger partial charge >= 0.3 is 0 Å². The summed E-state index contributed by atoms with van der Waals surface area (Å²) < 4.78 is 5.48. The van der Waals surface area contributed by atoms with E-state index in [9.17, 15) is 4.79 Å². The maximum Gasteiger partial charge on any atom is 0.227 e. The summed E-state index contributed by atoms with van der Waals surface area (Å²) in [5, 5.41) is 3.14. The molecule has 0 saturated heterocycles. The number of nitrogens with zero attached hydrogens (tertiary/aromatic N) is 1. The lowest BCUT2D eigenvalue weighted by Crippen LogP contribution is -2.31. The molecule has 4 nitrogen and oxygen atoms in total. The van der Waals surface area contributed by atoms with Crippen molar-refractivity contribution in [1.82, 2.24) is 9.88 Å². The van der Waals surface area contributed by atoms with Crippen LogP contribution < -0.4 is 4.74 Å². The Morgan fingerprint density at radius 3 is 2.64 bits per heavy atom. The number of thiophene rings is 1. The molecule has 4 aromatic rings. The molecule has 0 fully saturated rings. The third-order valence-electron chi connectivity index (χ3n) is 4.85. The molecule has 0 unspecified atom stereocenters. The van der Waals surface area contributed by atoms with Gasteiger partial charge < -0.3 is 14.6 Å². The Bertz CT molecular complexity index is 1070. The summed E-state index contributed by atoms with van der Waals surface area (Å²) in [6.07, 6.45) is 2.31. The monoisotopic (exact) mass is 390 g/mol. The number of para-hydroxylation sites is 2. The van der Waals surface area contributed by atoms with Crippen LogP contribution in [0.2, 0.25) is 0 Å². The highest BCUT2D eigenvalue weighted by Gasteiger charge is 2.19. The summed E-state index contributed by atoms with van der Waals surface area (Å²) in [7, 11) is 1.66. The summed E-state index contributed by atoms with van der Waals surface area (Å²) in [6.45, 7) is 1.11. The Balaban J connectivity index is 1.59. The maximum atomic E-state index is 13.3. The van der Waals surface area contributed by atoms with Crippen molar-refractivity contribution < 1.29 is 9.53 Å². The smallest absolute Gasteiger partial charge is 0.227 e. The fourth-order valence-electron chi connectivity index (χ4n) is 3.41. The van der Waals surface area contributed by atoms with E-state index in [1.54, 1.807) is 18.4 Å². The maximum absolute atomic E-state index is 13.3. The first kappa shape index (κ1) is 18.3. The van der Waals surface area contributed by atoms with Crippen LogP contribution in [0.1, 0.15) is 16.0 Å². The molecule has 1 amide bonds. The molecule has 5 heteroatoms. The number of rotatable bonds is 7. The van der Waals surface area contributed by atoms with Crippen molar-refractivity contribution in [3.8, 4) is 5.75 Å². The van der Waals surface area contributed by atoms with Gasteiger partial charge in [-0.25, -0.2) is 0 Å². The molecule has 0 saturated carbocycles. The fourth-order valence-corrected chi connectivity index (χ4v) is 4.13. The van der Waals surface area contributed by atoms with Crippen LogP contribution in [0.25, 0.3) is 10.9 Å². The Hall–Kier alpha value is -3.05. The summed E-state index contributed by atoms with van der Waals surface area (Å²) in [6, 6.07) is 20.0. The van der Waals surface area contributed by atoms with Crippen LogP contribution in [0.5, 0.6) is 5.75 Å². The van der Waals surface area contributed by atoms with Crippen LogP contribution in [0, 0.1) is 0 Å². The molecule has 2 heterocycles. The third kappa shape index (κ3) is 3.94. The number of carbonyl (C=O) groups is 1. The Labute approximate surface area is 168 Å². The van der Waals surface area contributed by atoms with Crippen molar-refractivity contribution in [2.75, 3.05) is 7.11 Å². The highest BCUT2D eigenvalue weighted by atomic mass is 32.1. The highest BCUT2D eigenvalue weighted by molar-refractivity contribution is 7.09. The lowest BCUT2D eigenvalue weighted by atomic mass is 10.1. The lowest BCUT2D eigenvalue weighted by molar-refractivity contribution is -0.131. The van der Waals surface area contributed by atoms with E-state index in [0.29, 0.717) is 19.5 Å². The molecule has 0 aliphatic heterocycles. The number of amides is 1. The number of nitrogens with one attached hydrogen (secondary N) is 1. The van der Waals surface area contributed by atoms with Gasteiger partial charge in [0.15, 0.2) is 0 Å². The number of carbonyl (C=O) groups excluding carboxylic acids is 1. The van der Waals surface area contributed by atoms with E-state index in [0.717, 1.165) is 27.8 Å². The van der Waals surface area contributed by atoms with Crippen LogP contribution in [0.3, 0.4) is 0 Å². The summed E-state index contributed by atoms with van der Waals surface area (Å²) in [4.78, 5) is 19.6. The van der Waals surface area contributed by atoms with Gasteiger partial charge in [0.05, 0.1) is 20.1 Å². The molecule has 2 aromatic heterocycles. The SMILES string of the molecule is COc1ccccc1CN(Cc1cccs1)C(=O)Cc1c[nH]c2ccccc12. The molecule has 0 aliphatic rings. The molecule has 1 N–H and O–H groups in total. The van der Waals surface area contributed by atoms with Crippen LogP contribution in [-0.2, 0) is 24.3 Å². The molecule has 28 heavy (non-hydrogen) atoms. The quantitative estimate of drug-likeness (QED) is 0.482. The zero-order valence-corrected chi connectivity index (χ0v) is 16.5. The molecule has 0 bridgehead atoms. The van der Waals surface area contributed by atoms with E-state index in [-0.39, 0.29) is 5.91 Å². The fraction of sp³-hybridized carbons (Fsp3) is 0.174. The van der Waals surface area contributed by atoms with Gasteiger partial charge in [0.25, 0.3) is 0 Å². The number of benzene rings is 2. The number of hydrogen-bond acceptors (Lipinski definition) is 3. The zero-order chi connectivity index (χ0) is 19.3. The number of aromatic amines is 1. The van der Waals surface area contributed by atoms with Crippen molar-refractivity contribution >= 4 is 28.1 Å². The molecule has 142 valence electrons. The first-order valence-corrected chi connectivity index (χ1v) is 10.1. The van der Waals surface area contributed by atoms with Crippen LogP contribution in [0.4, 0.5) is 0 Å². The molecular formula is C23H22N2O2S. The topological polar surface area (TPSA) is 45.3 Å². The number of aromatic nitrogens is 1. The van der Waals surface area contributed by atoms with E-state index in [4.69, 9.17) is 4.74 Å². The molecule has 0 aliphatic carbocycles. The van der Waals surface area contributed by atoms with E-state index in [1.807, 2.05) is 65.0 Å². The van der Waals surface area contributed by atoms with Gasteiger partial charge in [0.2, 0.25) is 5.91 Å². The van der Waals surface area contributed by atoms with Crippen LogP contribution >= 0.6 is 11.3 Å². The number of H-pyrrole nitrogens is 1. The average Bonchev–Trinajstić information content (AvgIpc) is 3.38. The van der Waals surface area contributed by atoms with E-state index in [1.165, 1.54) is 4.88 Å². The lowest BCUT2D eigenvalue weighted by Gasteiger charge is -2.23. The standard InChI is InChI=1S/C23H22N2O2S/c1-27-22-11-5-2-7-17(22)15-25(16-19-8-6-12-28-19)23(26)13-18-14-24-21-10-4-3-9-20(18)21/h2-12,14,24H,13,15-16H2,1H3. The predicted octanol–water partition coefficient (Wildman–Crippen LogP) is 5.01. The van der Waals surface area contributed by atoms with Crippen molar-refractivity contribution in [1.29, 1.82) is 0 Å². The average molecular weight is 391 g/mol. The van der Waals surface area contributed by atoms with E-state index in [2.05, 4.69) is 17.1 Å². The van der Waals surface area contributed by atoms with Gasteiger partial charge in [-0.1, -0.05) is 42.5 Å². The molecule has 4 rings (SSSR count). The molecular weight excluding hydrogens is 368 g/mol. The highest BCUT2D eigenvalue weighted by Crippen LogP contribution is 2.24. The minimum absolute atomic E-state index is 0.101. The number of fused-ring (bicyclic) bond motifs is 1. The molecule has 2 aromatic carbocycles. The number of hydrogen-bond donors (Lipinski definition) is 1. The first-order valence-electron chi connectivity index (χ1n) is 9.21. The summed E-state index contributed by atoms with van der Waals surface area (Å²) in [5.74, 6) is 0.905. The molecule has 0 radical (unpaired) electrons. The van der Waals surface area contributed by atoms with Crippen molar-refractivity contribution in [2.45, 2.75) is 19.5 Å². The van der Waals surface area contributed by atoms with Crippen molar-refractivity contribution in [2.24, 2.45) is 0 Å². The summed E-state index contributed by atoms with van der Waals surface area (Å²) in [5.41, 5.74) is 3.09. The second-order valence-electron chi connectivity index (χ2n) is 6.68. The first-order chi connectivity index (χ1) is 13.7. The van der Waals surface area contributed by atoms with Crippen LogP contribution in [-0.4, -0.2) is 22.9 Å². The van der Waals surface area contributed by atoms with Gasteiger partial charge in [-0.15, -0.1) is 11.3 Å². The predicted molar refractivity (Wildman–Crippen MR) is 114 cm³/mol. The second kappa shape index (κ2) is 8.31. The zero-order valence-electron chi connectivity index (χ0n) is 15.7. The minimum Gasteiger partial charge on any atom is -0.496 e. The Morgan fingerprint density at radius 2 is 1.82 bits per heavy atom.